The number of rotatable bonds is 4. The van der Waals surface area contributed by atoms with Crippen molar-refractivity contribution in [2.75, 3.05) is 0 Å². The molecule has 0 unspecified atom stereocenters. The molecule has 0 fully saturated rings. The number of hydrogen-bond acceptors (Lipinski definition) is 5. The van der Waals surface area contributed by atoms with Gasteiger partial charge in [0.15, 0.2) is 11.3 Å². The zero-order chi connectivity index (χ0) is 19.0. The maximum atomic E-state index is 13.1. The van der Waals surface area contributed by atoms with Gasteiger partial charge in [0, 0.05) is 0 Å². The fourth-order valence-corrected chi connectivity index (χ4v) is 3.68. The first kappa shape index (κ1) is 17.2. The molecule has 0 radical (unpaired) electrons. The van der Waals surface area contributed by atoms with Crippen molar-refractivity contribution in [3.8, 4) is 17.2 Å². The Hall–Kier alpha value is -3.19. The Bertz CT molecular complexity index is 1200. The van der Waals surface area contributed by atoms with Crippen LogP contribution < -0.4 is 4.18 Å². The van der Waals surface area contributed by atoms with Crippen LogP contribution in [0.3, 0.4) is 0 Å². The predicted octanol–water partition coefficient (Wildman–Crippen LogP) is 4.71. The summed E-state index contributed by atoms with van der Waals surface area (Å²) in [7, 11) is -4.15. The van der Waals surface area contributed by atoms with Crippen LogP contribution in [0, 0.1) is 12.7 Å². The smallest absolute Gasteiger partial charge is 0.339 e. The number of aromatic nitrogens is 1. The highest BCUT2D eigenvalue weighted by Gasteiger charge is 2.22. The van der Waals surface area contributed by atoms with E-state index in [0.29, 0.717) is 22.2 Å². The minimum atomic E-state index is -4.15. The molecule has 0 aliphatic rings. The van der Waals surface area contributed by atoms with Crippen LogP contribution in [-0.4, -0.2) is 13.4 Å². The summed E-state index contributed by atoms with van der Waals surface area (Å²) in [6.07, 6.45) is 0. The van der Waals surface area contributed by atoms with Gasteiger partial charge in [0.2, 0.25) is 5.89 Å². The first-order chi connectivity index (χ1) is 12.9. The first-order valence-electron chi connectivity index (χ1n) is 8.10. The van der Waals surface area contributed by atoms with Gasteiger partial charge in [-0.3, -0.25) is 0 Å². The Balaban J connectivity index is 1.80. The van der Waals surface area contributed by atoms with E-state index in [1.165, 1.54) is 0 Å². The van der Waals surface area contributed by atoms with Crippen LogP contribution in [0.25, 0.3) is 22.6 Å². The molecule has 0 saturated heterocycles. The lowest BCUT2D eigenvalue weighted by Gasteiger charge is -2.12. The molecule has 0 amide bonds. The van der Waals surface area contributed by atoms with Gasteiger partial charge in [-0.15, -0.1) is 0 Å². The topological polar surface area (TPSA) is 69.4 Å². The molecule has 0 bridgehead atoms. The first-order valence-corrected chi connectivity index (χ1v) is 9.50. The summed E-state index contributed by atoms with van der Waals surface area (Å²) in [5.41, 5.74) is 2.25. The summed E-state index contributed by atoms with van der Waals surface area (Å²) < 4.78 is 49.5. The molecular weight excluding hydrogens is 369 g/mol. The molecule has 7 heteroatoms. The summed E-state index contributed by atoms with van der Waals surface area (Å²) in [6, 6.07) is 16.8. The lowest BCUT2D eigenvalue weighted by atomic mass is 10.1. The van der Waals surface area contributed by atoms with Crippen LogP contribution in [0.5, 0.6) is 5.75 Å². The van der Waals surface area contributed by atoms with Gasteiger partial charge in [0.05, 0.1) is 5.56 Å². The Morgan fingerprint density at radius 2 is 1.70 bits per heavy atom. The van der Waals surface area contributed by atoms with Gasteiger partial charge in [0.1, 0.15) is 16.2 Å². The summed E-state index contributed by atoms with van der Waals surface area (Å²) in [5.74, 6) is -0.158. The molecular formula is C20H14FNO4S. The van der Waals surface area contributed by atoms with E-state index in [2.05, 4.69) is 4.98 Å². The number of fused-ring (bicyclic) bond motifs is 1. The second-order valence-corrected chi connectivity index (χ2v) is 7.48. The van der Waals surface area contributed by atoms with Crippen molar-refractivity contribution in [1.82, 2.24) is 4.98 Å². The number of nitrogens with zero attached hydrogens (tertiary/aromatic N) is 1. The molecule has 4 aromatic rings. The number of benzene rings is 3. The SMILES string of the molecule is Cc1cccc(-c2nc3ccccc3o2)c1OS(=O)(=O)c1ccc(F)cc1. The van der Waals surface area contributed by atoms with E-state index in [1.807, 2.05) is 12.1 Å². The molecule has 0 atom stereocenters. The van der Waals surface area contributed by atoms with Crippen LogP contribution in [0.4, 0.5) is 4.39 Å². The molecule has 136 valence electrons. The average molecular weight is 383 g/mol. The number of aryl methyl sites for hydroxylation is 1. The van der Waals surface area contributed by atoms with Crippen molar-refractivity contribution in [2.45, 2.75) is 11.8 Å². The molecule has 4 rings (SSSR count). The van der Waals surface area contributed by atoms with E-state index in [9.17, 15) is 12.8 Å². The third-order valence-corrected chi connectivity index (χ3v) is 5.27. The van der Waals surface area contributed by atoms with Crippen molar-refractivity contribution in [3.05, 3.63) is 78.1 Å². The van der Waals surface area contributed by atoms with E-state index in [1.54, 1.807) is 37.3 Å². The van der Waals surface area contributed by atoms with Gasteiger partial charge in [-0.1, -0.05) is 24.3 Å². The molecule has 0 spiro atoms. The van der Waals surface area contributed by atoms with Crippen LogP contribution in [0.15, 0.2) is 76.0 Å². The van der Waals surface area contributed by atoms with Crippen LogP contribution in [0.2, 0.25) is 0 Å². The molecule has 0 saturated carbocycles. The highest BCUT2D eigenvalue weighted by Crippen LogP contribution is 2.35. The third kappa shape index (κ3) is 3.29. The monoisotopic (exact) mass is 383 g/mol. The van der Waals surface area contributed by atoms with Crippen molar-refractivity contribution in [3.63, 3.8) is 0 Å². The highest BCUT2D eigenvalue weighted by atomic mass is 32.2. The van der Waals surface area contributed by atoms with Gasteiger partial charge in [-0.25, -0.2) is 9.37 Å². The zero-order valence-corrected chi connectivity index (χ0v) is 15.0. The van der Waals surface area contributed by atoms with E-state index in [-0.39, 0.29) is 16.5 Å². The Kier molecular flexibility index (Phi) is 4.16. The molecule has 1 aromatic heterocycles. The number of oxazole rings is 1. The second kappa shape index (κ2) is 6.51. The molecule has 27 heavy (non-hydrogen) atoms. The summed E-state index contributed by atoms with van der Waals surface area (Å²) >= 11 is 0. The van der Waals surface area contributed by atoms with Crippen LogP contribution in [0.1, 0.15) is 5.56 Å². The summed E-state index contributed by atoms with van der Waals surface area (Å²) in [6.45, 7) is 1.72. The van der Waals surface area contributed by atoms with Crippen LogP contribution in [-0.2, 0) is 10.1 Å². The van der Waals surface area contributed by atoms with E-state index >= 15 is 0 Å². The summed E-state index contributed by atoms with van der Waals surface area (Å²) in [4.78, 5) is 4.27. The standard InChI is InChI=1S/C20H14FNO4S/c1-13-5-4-6-16(20-22-17-7-2-3-8-18(17)25-20)19(13)26-27(23,24)15-11-9-14(21)10-12-15/h2-12H,1H3. The third-order valence-electron chi connectivity index (χ3n) is 4.03. The summed E-state index contributed by atoms with van der Waals surface area (Å²) in [5, 5.41) is 0. The minimum absolute atomic E-state index is 0.119. The maximum absolute atomic E-state index is 13.1. The lowest BCUT2D eigenvalue weighted by molar-refractivity contribution is 0.483. The maximum Gasteiger partial charge on any atom is 0.339 e. The highest BCUT2D eigenvalue weighted by molar-refractivity contribution is 7.87. The Morgan fingerprint density at radius 1 is 0.963 bits per heavy atom. The average Bonchev–Trinajstić information content (AvgIpc) is 3.07. The number of halogens is 1. The molecule has 1 heterocycles. The Labute approximate surface area is 155 Å². The van der Waals surface area contributed by atoms with Crippen molar-refractivity contribution in [1.29, 1.82) is 0 Å². The largest absolute Gasteiger partial charge is 0.436 e. The van der Waals surface area contributed by atoms with Gasteiger partial charge in [-0.2, -0.15) is 8.42 Å². The zero-order valence-electron chi connectivity index (χ0n) is 14.2. The Morgan fingerprint density at radius 3 is 2.44 bits per heavy atom. The minimum Gasteiger partial charge on any atom is -0.436 e. The predicted molar refractivity (Wildman–Crippen MR) is 98.4 cm³/mol. The molecule has 3 aromatic carbocycles. The van der Waals surface area contributed by atoms with Crippen molar-refractivity contribution in [2.24, 2.45) is 0 Å². The van der Waals surface area contributed by atoms with Gasteiger partial charge < -0.3 is 8.60 Å². The number of para-hydroxylation sites is 3. The quantitative estimate of drug-likeness (QED) is 0.477. The number of hydrogen-bond donors (Lipinski definition) is 0. The van der Waals surface area contributed by atoms with E-state index < -0.39 is 15.9 Å². The van der Waals surface area contributed by atoms with E-state index in [4.69, 9.17) is 8.60 Å². The second-order valence-electron chi connectivity index (χ2n) is 5.93. The van der Waals surface area contributed by atoms with Gasteiger partial charge in [0.25, 0.3) is 0 Å². The van der Waals surface area contributed by atoms with Crippen molar-refractivity contribution < 1.29 is 21.4 Å². The van der Waals surface area contributed by atoms with Gasteiger partial charge >= 0.3 is 10.1 Å². The fourth-order valence-electron chi connectivity index (χ4n) is 2.68. The molecule has 0 aliphatic carbocycles. The normalized spacial score (nSPS) is 11.6. The van der Waals surface area contributed by atoms with Crippen LogP contribution >= 0.6 is 0 Å². The molecule has 0 N–H and O–H groups in total. The van der Waals surface area contributed by atoms with E-state index in [0.717, 1.165) is 24.3 Å². The fraction of sp³-hybridized carbons (Fsp3) is 0.0500. The van der Waals surface area contributed by atoms with Gasteiger partial charge in [-0.05, 0) is 55.0 Å². The van der Waals surface area contributed by atoms with Crippen molar-refractivity contribution >= 4 is 21.2 Å². The lowest BCUT2D eigenvalue weighted by Crippen LogP contribution is -2.11. The molecule has 5 nitrogen and oxygen atoms in total. The molecule has 0 aliphatic heterocycles.